The van der Waals surface area contributed by atoms with Crippen LogP contribution >= 0.6 is 0 Å². The Bertz CT molecular complexity index is 552. The van der Waals surface area contributed by atoms with Gasteiger partial charge in [-0.1, -0.05) is 0 Å². The van der Waals surface area contributed by atoms with Gasteiger partial charge in [0.25, 0.3) is 5.91 Å². The van der Waals surface area contributed by atoms with Gasteiger partial charge in [-0.2, -0.15) is 5.10 Å². The van der Waals surface area contributed by atoms with Crippen molar-refractivity contribution in [1.82, 2.24) is 15.1 Å². The highest BCUT2D eigenvalue weighted by molar-refractivity contribution is 5.80. The van der Waals surface area contributed by atoms with Crippen molar-refractivity contribution < 1.29 is 14.3 Å². The summed E-state index contributed by atoms with van der Waals surface area (Å²) in [5, 5.41) is 11.6. The number of hydrogen-bond donors (Lipinski definition) is 1. The van der Waals surface area contributed by atoms with Crippen molar-refractivity contribution >= 4 is 11.7 Å². The Morgan fingerprint density at radius 2 is 2.16 bits per heavy atom. The van der Waals surface area contributed by atoms with E-state index in [9.17, 15) is 4.79 Å². The topological polar surface area (TPSA) is 76.6 Å². The van der Waals surface area contributed by atoms with Crippen LogP contribution in [0.5, 0.6) is 0 Å². The van der Waals surface area contributed by atoms with E-state index in [4.69, 9.17) is 9.47 Å². The molecule has 0 spiro atoms. The lowest BCUT2D eigenvalue weighted by Crippen LogP contribution is -2.46. The van der Waals surface area contributed by atoms with Crippen LogP contribution in [-0.2, 0) is 14.3 Å². The Morgan fingerprint density at radius 1 is 1.36 bits per heavy atom. The molecular weight excluding hydrogens is 320 g/mol. The molecule has 3 rings (SSSR count). The number of amides is 1. The number of hydrogen-bond acceptors (Lipinski definition) is 6. The Kier molecular flexibility index (Phi) is 6.20. The SMILES string of the molecule is Cc1ccc(NC2CCN(C(=O)[C@@H](C)OC[C@H]3CCCO3)CC2)nn1. The molecule has 2 fully saturated rings. The highest BCUT2D eigenvalue weighted by atomic mass is 16.5. The quantitative estimate of drug-likeness (QED) is 0.844. The molecule has 0 radical (unpaired) electrons. The van der Waals surface area contributed by atoms with Crippen LogP contribution in [0.3, 0.4) is 0 Å². The van der Waals surface area contributed by atoms with Crippen LogP contribution in [0, 0.1) is 6.92 Å². The number of nitrogens with zero attached hydrogens (tertiary/aromatic N) is 3. The Balaban J connectivity index is 1.39. The van der Waals surface area contributed by atoms with Crippen molar-refractivity contribution in [2.75, 3.05) is 31.6 Å². The van der Waals surface area contributed by atoms with Crippen molar-refractivity contribution in [2.24, 2.45) is 0 Å². The number of anilines is 1. The van der Waals surface area contributed by atoms with Crippen LogP contribution in [0.2, 0.25) is 0 Å². The molecule has 2 atom stereocenters. The van der Waals surface area contributed by atoms with Crippen LogP contribution in [0.1, 0.15) is 38.3 Å². The molecule has 2 aliphatic heterocycles. The van der Waals surface area contributed by atoms with Crippen LogP contribution in [0.25, 0.3) is 0 Å². The average molecular weight is 348 g/mol. The maximum atomic E-state index is 12.5. The van der Waals surface area contributed by atoms with Crippen molar-refractivity contribution in [3.63, 3.8) is 0 Å². The van der Waals surface area contributed by atoms with Gasteiger partial charge in [0.15, 0.2) is 0 Å². The van der Waals surface area contributed by atoms with Gasteiger partial charge in [0.05, 0.1) is 18.4 Å². The summed E-state index contributed by atoms with van der Waals surface area (Å²) in [7, 11) is 0. The molecule has 1 N–H and O–H groups in total. The maximum Gasteiger partial charge on any atom is 0.251 e. The molecule has 1 amide bonds. The fourth-order valence-corrected chi connectivity index (χ4v) is 3.29. The van der Waals surface area contributed by atoms with Crippen molar-refractivity contribution in [3.05, 3.63) is 17.8 Å². The summed E-state index contributed by atoms with van der Waals surface area (Å²) in [5.41, 5.74) is 0.906. The Hall–Kier alpha value is -1.73. The van der Waals surface area contributed by atoms with E-state index in [1.165, 1.54) is 0 Å². The zero-order chi connectivity index (χ0) is 17.6. The summed E-state index contributed by atoms with van der Waals surface area (Å²) in [6, 6.07) is 4.21. The van der Waals surface area contributed by atoms with Gasteiger partial charge in [-0.3, -0.25) is 4.79 Å². The number of rotatable bonds is 6. The van der Waals surface area contributed by atoms with Gasteiger partial charge in [0.1, 0.15) is 11.9 Å². The van der Waals surface area contributed by atoms with Crippen LogP contribution in [0.15, 0.2) is 12.1 Å². The fraction of sp³-hybridized carbons (Fsp3) is 0.722. The van der Waals surface area contributed by atoms with E-state index in [1.54, 1.807) is 0 Å². The van der Waals surface area contributed by atoms with Gasteiger partial charge in [0.2, 0.25) is 0 Å². The second kappa shape index (κ2) is 8.58. The Labute approximate surface area is 149 Å². The molecule has 7 nitrogen and oxygen atoms in total. The summed E-state index contributed by atoms with van der Waals surface area (Å²) in [5.74, 6) is 0.871. The smallest absolute Gasteiger partial charge is 0.251 e. The molecule has 7 heteroatoms. The monoisotopic (exact) mass is 348 g/mol. The number of nitrogens with one attached hydrogen (secondary N) is 1. The first-order valence-corrected chi connectivity index (χ1v) is 9.20. The number of carbonyl (C=O) groups excluding carboxylic acids is 1. The van der Waals surface area contributed by atoms with E-state index >= 15 is 0 Å². The maximum absolute atomic E-state index is 12.5. The molecule has 0 bridgehead atoms. The zero-order valence-electron chi connectivity index (χ0n) is 15.1. The molecule has 2 saturated heterocycles. The second-order valence-electron chi connectivity index (χ2n) is 6.91. The first kappa shape index (κ1) is 18.1. The van der Waals surface area contributed by atoms with E-state index in [0.29, 0.717) is 12.6 Å². The second-order valence-corrected chi connectivity index (χ2v) is 6.91. The lowest BCUT2D eigenvalue weighted by atomic mass is 10.0. The molecule has 0 saturated carbocycles. The predicted octanol–water partition coefficient (Wildman–Crippen LogP) is 1.77. The minimum absolute atomic E-state index is 0.0755. The van der Waals surface area contributed by atoms with Gasteiger partial charge in [-0.25, -0.2) is 0 Å². The number of carbonyl (C=O) groups is 1. The lowest BCUT2D eigenvalue weighted by Gasteiger charge is -2.34. The molecule has 1 aromatic heterocycles. The highest BCUT2D eigenvalue weighted by Gasteiger charge is 2.27. The first-order chi connectivity index (χ1) is 12.1. The minimum atomic E-state index is -0.406. The number of aromatic nitrogens is 2. The molecule has 2 aliphatic rings. The van der Waals surface area contributed by atoms with E-state index in [1.807, 2.05) is 30.9 Å². The molecule has 0 aromatic carbocycles. The standard InChI is InChI=1S/C18H28N4O3/c1-13-5-6-17(21-20-13)19-15-7-9-22(10-8-15)18(23)14(2)25-12-16-4-3-11-24-16/h5-6,14-16H,3-4,7-12H2,1-2H3,(H,19,21)/t14-,16-/m1/s1. The molecular formula is C18H28N4O3. The zero-order valence-corrected chi connectivity index (χ0v) is 15.1. The van der Waals surface area contributed by atoms with Crippen molar-refractivity contribution in [2.45, 2.75) is 57.8 Å². The molecule has 138 valence electrons. The molecule has 0 aliphatic carbocycles. The van der Waals surface area contributed by atoms with Crippen LogP contribution < -0.4 is 5.32 Å². The first-order valence-electron chi connectivity index (χ1n) is 9.20. The van der Waals surface area contributed by atoms with E-state index in [2.05, 4.69) is 15.5 Å². The van der Waals surface area contributed by atoms with Gasteiger partial charge >= 0.3 is 0 Å². The number of aryl methyl sites for hydroxylation is 1. The summed E-state index contributed by atoms with van der Waals surface area (Å²) in [6.07, 6.45) is 3.67. The van der Waals surface area contributed by atoms with Gasteiger partial charge in [-0.05, 0) is 51.7 Å². The van der Waals surface area contributed by atoms with Crippen molar-refractivity contribution in [1.29, 1.82) is 0 Å². The van der Waals surface area contributed by atoms with Gasteiger partial charge in [-0.15, -0.1) is 5.10 Å². The summed E-state index contributed by atoms with van der Waals surface area (Å²) in [4.78, 5) is 14.4. The van der Waals surface area contributed by atoms with Gasteiger partial charge < -0.3 is 19.7 Å². The van der Waals surface area contributed by atoms with E-state index in [-0.39, 0.29) is 12.0 Å². The molecule has 3 heterocycles. The number of ether oxygens (including phenoxy) is 2. The normalized spacial score (nSPS) is 22.8. The van der Waals surface area contributed by atoms with E-state index in [0.717, 1.165) is 56.9 Å². The molecule has 25 heavy (non-hydrogen) atoms. The predicted molar refractivity (Wildman–Crippen MR) is 94.4 cm³/mol. The molecule has 1 aromatic rings. The third kappa shape index (κ3) is 5.12. The van der Waals surface area contributed by atoms with Crippen LogP contribution in [-0.4, -0.2) is 65.6 Å². The summed E-state index contributed by atoms with van der Waals surface area (Å²) >= 11 is 0. The summed E-state index contributed by atoms with van der Waals surface area (Å²) in [6.45, 7) is 6.55. The summed E-state index contributed by atoms with van der Waals surface area (Å²) < 4.78 is 11.3. The van der Waals surface area contributed by atoms with Gasteiger partial charge in [0, 0.05) is 25.7 Å². The highest BCUT2D eigenvalue weighted by Crippen LogP contribution is 2.17. The van der Waals surface area contributed by atoms with Crippen molar-refractivity contribution in [3.8, 4) is 0 Å². The van der Waals surface area contributed by atoms with E-state index < -0.39 is 6.10 Å². The lowest BCUT2D eigenvalue weighted by molar-refractivity contribution is -0.145. The third-order valence-electron chi connectivity index (χ3n) is 4.86. The van der Waals surface area contributed by atoms with Crippen LogP contribution in [0.4, 0.5) is 5.82 Å². The average Bonchev–Trinajstić information content (AvgIpc) is 3.15. The largest absolute Gasteiger partial charge is 0.376 e. The number of piperidine rings is 1. The Morgan fingerprint density at radius 3 is 2.80 bits per heavy atom. The molecule has 0 unspecified atom stereocenters. The fourth-order valence-electron chi connectivity index (χ4n) is 3.29. The minimum Gasteiger partial charge on any atom is -0.376 e. The number of likely N-dealkylation sites (tertiary alicyclic amines) is 1. The third-order valence-corrected chi connectivity index (χ3v) is 4.86.